The second-order valence-corrected chi connectivity index (χ2v) is 9.15. The van der Waals surface area contributed by atoms with Crippen molar-refractivity contribution in [3.05, 3.63) is 47.5 Å². The van der Waals surface area contributed by atoms with Gasteiger partial charge in [-0.25, -0.2) is 8.42 Å². The number of hydrogen-bond donors (Lipinski definition) is 0. The number of Topliss-reactive ketones (excluding diaryl/α,β-unsaturated/α-hetero) is 1. The Kier molecular flexibility index (Phi) is 6.40. The number of ketones is 1. The van der Waals surface area contributed by atoms with E-state index in [9.17, 15) is 13.2 Å². The minimum absolute atomic E-state index is 0.0509. The third-order valence-corrected chi connectivity index (χ3v) is 7.00. The standard InChI is InChI=1S/C21H24N4O6S/c1-3-30-21-7-4-16(15(2)26)12-17(21)14-31-25-20-13-18(5-6-19(20)22-23-25)32(27,28)24-8-10-29-11-9-24/h4-7,12-13H,3,8-11,14H2,1-2H3. The van der Waals surface area contributed by atoms with Crippen LogP contribution in [0, 0.1) is 0 Å². The number of fused-ring (bicyclic) bond motifs is 1. The Morgan fingerprint density at radius 3 is 2.66 bits per heavy atom. The first-order chi connectivity index (χ1) is 15.4. The van der Waals surface area contributed by atoms with Crippen LogP contribution in [0.15, 0.2) is 41.3 Å². The van der Waals surface area contributed by atoms with E-state index < -0.39 is 10.0 Å². The Bertz CT molecular complexity index is 1230. The topological polar surface area (TPSA) is 113 Å². The Balaban J connectivity index is 1.61. The summed E-state index contributed by atoms with van der Waals surface area (Å²) in [5.41, 5.74) is 2.11. The molecule has 10 nitrogen and oxygen atoms in total. The first-order valence-electron chi connectivity index (χ1n) is 10.2. The van der Waals surface area contributed by atoms with Crippen LogP contribution in [0.4, 0.5) is 0 Å². The number of carbonyl (C=O) groups is 1. The normalized spacial score (nSPS) is 15.1. The summed E-state index contributed by atoms with van der Waals surface area (Å²) in [6, 6.07) is 9.74. The SMILES string of the molecule is CCOc1ccc(C(C)=O)cc1COn1nnc2ccc(S(=O)(=O)N3CCOCC3)cc21. The van der Waals surface area contributed by atoms with Crippen LogP contribution in [0.5, 0.6) is 5.75 Å². The van der Waals surface area contributed by atoms with Gasteiger partial charge in [0.2, 0.25) is 10.0 Å². The van der Waals surface area contributed by atoms with E-state index >= 15 is 0 Å². The van der Waals surface area contributed by atoms with Crippen molar-refractivity contribution in [3.8, 4) is 5.75 Å². The van der Waals surface area contributed by atoms with Gasteiger partial charge in [-0.2, -0.15) is 4.31 Å². The van der Waals surface area contributed by atoms with Crippen molar-refractivity contribution in [1.82, 2.24) is 19.5 Å². The van der Waals surface area contributed by atoms with Crippen molar-refractivity contribution >= 4 is 26.8 Å². The van der Waals surface area contributed by atoms with Crippen LogP contribution in [-0.4, -0.2) is 66.6 Å². The van der Waals surface area contributed by atoms with E-state index in [-0.39, 0.29) is 17.3 Å². The lowest BCUT2D eigenvalue weighted by atomic mass is 10.1. The molecule has 1 saturated heterocycles. The number of ether oxygens (including phenoxy) is 2. The van der Waals surface area contributed by atoms with E-state index in [2.05, 4.69) is 10.3 Å². The monoisotopic (exact) mass is 460 g/mol. The smallest absolute Gasteiger partial charge is 0.243 e. The largest absolute Gasteiger partial charge is 0.493 e. The Morgan fingerprint density at radius 2 is 1.94 bits per heavy atom. The van der Waals surface area contributed by atoms with E-state index in [1.54, 1.807) is 24.3 Å². The van der Waals surface area contributed by atoms with Gasteiger partial charge in [0.05, 0.1) is 24.7 Å². The quantitative estimate of drug-likeness (QED) is 0.467. The molecule has 0 unspecified atom stereocenters. The number of benzene rings is 2. The molecule has 2 heterocycles. The van der Waals surface area contributed by atoms with Gasteiger partial charge in [0, 0.05) is 24.2 Å². The lowest BCUT2D eigenvalue weighted by Crippen LogP contribution is -2.40. The molecule has 2 aromatic carbocycles. The summed E-state index contributed by atoms with van der Waals surface area (Å²) in [4.78, 5) is 18.9. The Morgan fingerprint density at radius 1 is 1.16 bits per heavy atom. The zero-order chi connectivity index (χ0) is 22.7. The number of carbonyl (C=O) groups excluding carboxylic acids is 1. The second-order valence-electron chi connectivity index (χ2n) is 7.21. The summed E-state index contributed by atoms with van der Waals surface area (Å²) in [5.74, 6) is 0.524. The van der Waals surface area contributed by atoms with Crippen LogP contribution in [0.3, 0.4) is 0 Å². The molecule has 170 valence electrons. The third-order valence-electron chi connectivity index (χ3n) is 5.10. The van der Waals surface area contributed by atoms with Gasteiger partial charge in [-0.15, -0.1) is 5.10 Å². The van der Waals surface area contributed by atoms with Gasteiger partial charge in [-0.1, -0.05) is 4.85 Å². The van der Waals surface area contributed by atoms with Crippen molar-refractivity contribution in [3.63, 3.8) is 0 Å². The van der Waals surface area contributed by atoms with Crippen molar-refractivity contribution < 1.29 is 27.5 Å². The van der Waals surface area contributed by atoms with Gasteiger partial charge >= 0.3 is 0 Å². The average Bonchev–Trinajstić information content (AvgIpc) is 3.21. The van der Waals surface area contributed by atoms with Gasteiger partial charge in [-0.3, -0.25) is 4.79 Å². The molecule has 0 N–H and O–H groups in total. The molecule has 0 atom stereocenters. The molecule has 0 saturated carbocycles. The zero-order valence-electron chi connectivity index (χ0n) is 17.9. The average molecular weight is 461 g/mol. The summed E-state index contributed by atoms with van der Waals surface area (Å²) in [5, 5.41) is 8.03. The van der Waals surface area contributed by atoms with Gasteiger partial charge < -0.3 is 14.3 Å². The number of sulfonamides is 1. The number of rotatable bonds is 8. The predicted molar refractivity (Wildman–Crippen MR) is 115 cm³/mol. The van der Waals surface area contributed by atoms with Crippen molar-refractivity contribution in [1.29, 1.82) is 0 Å². The molecule has 32 heavy (non-hydrogen) atoms. The molecule has 1 aromatic heterocycles. The van der Waals surface area contributed by atoms with Crippen LogP contribution in [0.1, 0.15) is 29.8 Å². The highest BCUT2D eigenvalue weighted by atomic mass is 32.2. The molecular formula is C21H24N4O6S. The molecule has 1 fully saturated rings. The number of morpholine rings is 1. The fraction of sp³-hybridized carbons (Fsp3) is 0.381. The molecule has 0 bridgehead atoms. The van der Waals surface area contributed by atoms with Crippen LogP contribution in [-0.2, 0) is 21.4 Å². The fourth-order valence-electron chi connectivity index (χ4n) is 3.41. The third kappa shape index (κ3) is 4.45. The number of aromatic nitrogens is 3. The maximum absolute atomic E-state index is 13.0. The number of nitrogens with zero attached hydrogens (tertiary/aromatic N) is 4. The first kappa shape index (κ1) is 22.2. The lowest BCUT2D eigenvalue weighted by molar-refractivity contribution is 0.0726. The number of hydrogen-bond acceptors (Lipinski definition) is 8. The summed E-state index contributed by atoms with van der Waals surface area (Å²) in [6.45, 7) is 5.21. The lowest BCUT2D eigenvalue weighted by Gasteiger charge is -2.26. The molecule has 3 aromatic rings. The highest BCUT2D eigenvalue weighted by molar-refractivity contribution is 7.89. The molecule has 0 amide bonds. The van der Waals surface area contributed by atoms with Crippen molar-refractivity contribution in [2.24, 2.45) is 0 Å². The highest BCUT2D eigenvalue weighted by Crippen LogP contribution is 2.23. The molecule has 11 heteroatoms. The molecule has 0 spiro atoms. The van der Waals surface area contributed by atoms with E-state index in [0.717, 1.165) is 0 Å². The van der Waals surface area contributed by atoms with Crippen molar-refractivity contribution in [2.45, 2.75) is 25.3 Å². The van der Waals surface area contributed by atoms with E-state index in [4.69, 9.17) is 14.3 Å². The second kappa shape index (κ2) is 9.23. The Labute approximate surface area is 185 Å². The predicted octanol–water partition coefficient (Wildman–Crippen LogP) is 1.68. The van der Waals surface area contributed by atoms with Crippen LogP contribution in [0.2, 0.25) is 0 Å². The molecule has 0 aliphatic carbocycles. The minimum atomic E-state index is -3.67. The van der Waals surface area contributed by atoms with Crippen LogP contribution >= 0.6 is 0 Å². The van der Waals surface area contributed by atoms with E-state index in [1.165, 1.54) is 28.2 Å². The van der Waals surface area contributed by atoms with Gasteiger partial charge in [0.25, 0.3) is 0 Å². The summed E-state index contributed by atoms with van der Waals surface area (Å²) in [7, 11) is -3.67. The highest BCUT2D eigenvalue weighted by Gasteiger charge is 2.27. The van der Waals surface area contributed by atoms with Gasteiger partial charge in [0.15, 0.2) is 5.78 Å². The molecular weight excluding hydrogens is 436 g/mol. The summed E-state index contributed by atoms with van der Waals surface area (Å²) < 4.78 is 38.3. The summed E-state index contributed by atoms with van der Waals surface area (Å²) in [6.07, 6.45) is 0. The molecule has 0 radical (unpaired) electrons. The zero-order valence-corrected chi connectivity index (χ0v) is 18.7. The molecule has 1 aliphatic rings. The van der Waals surface area contributed by atoms with Gasteiger partial charge in [0.1, 0.15) is 23.4 Å². The maximum atomic E-state index is 13.0. The van der Waals surface area contributed by atoms with E-state index in [1.807, 2.05) is 6.92 Å². The molecule has 4 rings (SSSR count). The summed E-state index contributed by atoms with van der Waals surface area (Å²) >= 11 is 0. The van der Waals surface area contributed by atoms with Crippen LogP contribution in [0.25, 0.3) is 11.0 Å². The fourth-order valence-corrected chi connectivity index (χ4v) is 4.84. The van der Waals surface area contributed by atoms with Gasteiger partial charge in [-0.05, 0) is 55.5 Å². The minimum Gasteiger partial charge on any atom is -0.493 e. The maximum Gasteiger partial charge on any atom is 0.243 e. The first-order valence-corrected chi connectivity index (χ1v) is 11.7. The molecule has 1 aliphatic heterocycles. The van der Waals surface area contributed by atoms with Crippen molar-refractivity contribution in [2.75, 3.05) is 32.9 Å². The van der Waals surface area contributed by atoms with E-state index in [0.29, 0.717) is 60.8 Å². The Hall–Kier alpha value is -3.02. The van der Waals surface area contributed by atoms with Crippen LogP contribution < -0.4 is 9.57 Å².